The third-order valence-corrected chi connectivity index (χ3v) is 4.04. The molecule has 0 radical (unpaired) electrons. The quantitative estimate of drug-likeness (QED) is 0.665. The molecule has 30 heavy (non-hydrogen) atoms. The van der Waals surface area contributed by atoms with Gasteiger partial charge in [0.15, 0.2) is 5.65 Å². The largest absolute Gasteiger partial charge is 0.433 e. The summed E-state index contributed by atoms with van der Waals surface area (Å²) in [5.41, 5.74) is -0.428. The molecular weight excluding hydrogens is 399 g/mol. The number of fused-ring (bicyclic) bond motifs is 1. The lowest BCUT2D eigenvalue weighted by molar-refractivity contribution is -0.141. The van der Waals surface area contributed by atoms with Gasteiger partial charge in [0.2, 0.25) is 11.9 Å². The lowest BCUT2D eigenvalue weighted by atomic mass is 10.2. The van der Waals surface area contributed by atoms with E-state index in [4.69, 9.17) is 4.74 Å². The number of nitrogens with one attached hydrogen (secondary N) is 1. The molecule has 160 valence electrons. The van der Waals surface area contributed by atoms with Crippen LogP contribution in [0.3, 0.4) is 0 Å². The maximum absolute atomic E-state index is 13.2. The van der Waals surface area contributed by atoms with Crippen molar-refractivity contribution >= 4 is 23.0 Å². The molecule has 1 N–H and O–H groups in total. The van der Waals surface area contributed by atoms with Crippen molar-refractivity contribution in [3.8, 4) is 5.82 Å². The van der Waals surface area contributed by atoms with Gasteiger partial charge in [-0.15, -0.1) is 0 Å². The fourth-order valence-corrected chi connectivity index (χ4v) is 2.65. The number of amides is 1. The van der Waals surface area contributed by atoms with Crippen LogP contribution in [-0.2, 0) is 15.7 Å². The van der Waals surface area contributed by atoms with Crippen LogP contribution in [-0.4, -0.2) is 37.6 Å². The zero-order chi connectivity index (χ0) is 22.1. The van der Waals surface area contributed by atoms with Crippen molar-refractivity contribution in [1.29, 1.82) is 0 Å². The van der Waals surface area contributed by atoms with Crippen LogP contribution in [0.25, 0.3) is 17.0 Å². The number of hydrogen-bond acceptors (Lipinski definition) is 5. The second-order valence-electron chi connectivity index (χ2n) is 7.76. The average Bonchev–Trinajstić information content (AvgIpc) is 2.97. The SMILES string of the molecule is Cc1ccc(-n2c(NC(=O)CCOC(C)(C)C)nc3ccc(C(F)(F)F)nc32)nc1. The third kappa shape index (κ3) is 5.12. The van der Waals surface area contributed by atoms with E-state index in [1.165, 1.54) is 10.6 Å². The number of hydrogen-bond donors (Lipinski definition) is 1. The number of nitrogens with zero attached hydrogens (tertiary/aromatic N) is 4. The second-order valence-corrected chi connectivity index (χ2v) is 7.76. The highest BCUT2D eigenvalue weighted by Crippen LogP contribution is 2.30. The summed E-state index contributed by atoms with van der Waals surface area (Å²) in [7, 11) is 0. The molecule has 10 heteroatoms. The molecule has 0 aliphatic heterocycles. The minimum absolute atomic E-state index is 0.0361. The normalized spacial score (nSPS) is 12.4. The fraction of sp³-hybridized carbons (Fsp3) is 0.400. The number of carbonyl (C=O) groups excluding carboxylic acids is 1. The Morgan fingerprint density at radius 1 is 1.13 bits per heavy atom. The molecule has 0 spiro atoms. The molecule has 1 amide bonds. The number of alkyl halides is 3. The standard InChI is InChI=1S/C20H22F3N5O2/c1-12-5-8-15(24-11-12)28-17-13(6-7-14(26-17)20(21,22)23)25-18(28)27-16(29)9-10-30-19(2,3)4/h5-8,11H,9-10H2,1-4H3,(H,25,27,29). The minimum Gasteiger partial charge on any atom is -0.375 e. The molecule has 0 aliphatic rings. The maximum Gasteiger partial charge on any atom is 0.433 e. The van der Waals surface area contributed by atoms with E-state index in [0.29, 0.717) is 0 Å². The van der Waals surface area contributed by atoms with E-state index in [-0.39, 0.29) is 41.9 Å². The number of carbonyl (C=O) groups is 1. The molecule has 0 unspecified atom stereocenters. The van der Waals surface area contributed by atoms with Gasteiger partial charge in [0.25, 0.3) is 0 Å². The molecule has 3 heterocycles. The lowest BCUT2D eigenvalue weighted by Gasteiger charge is -2.19. The number of halogens is 3. The summed E-state index contributed by atoms with van der Waals surface area (Å²) in [6, 6.07) is 5.44. The van der Waals surface area contributed by atoms with Crippen molar-refractivity contribution in [1.82, 2.24) is 19.5 Å². The van der Waals surface area contributed by atoms with Crippen molar-refractivity contribution in [2.75, 3.05) is 11.9 Å². The highest BCUT2D eigenvalue weighted by Gasteiger charge is 2.33. The van der Waals surface area contributed by atoms with E-state index < -0.39 is 17.5 Å². The Morgan fingerprint density at radius 2 is 1.87 bits per heavy atom. The number of pyridine rings is 2. The van der Waals surface area contributed by atoms with Crippen LogP contribution < -0.4 is 5.32 Å². The fourth-order valence-electron chi connectivity index (χ4n) is 2.65. The molecule has 0 saturated heterocycles. The predicted molar refractivity (Wildman–Crippen MR) is 105 cm³/mol. The third-order valence-electron chi connectivity index (χ3n) is 4.04. The van der Waals surface area contributed by atoms with Crippen molar-refractivity contribution in [3.05, 3.63) is 41.7 Å². The van der Waals surface area contributed by atoms with Crippen LogP contribution in [0.4, 0.5) is 19.1 Å². The van der Waals surface area contributed by atoms with Gasteiger partial charge < -0.3 is 4.74 Å². The van der Waals surface area contributed by atoms with Crippen LogP contribution in [0.15, 0.2) is 30.5 Å². The summed E-state index contributed by atoms with van der Waals surface area (Å²) < 4.78 is 46.3. The zero-order valence-corrected chi connectivity index (χ0v) is 17.0. The van der Waals surface area contributed by atoms with E-state index in [2.05, 4.69) is 20.3 Å². The van der Waals surface area contributed by atoms with Crippen LogP contribution in [0.5, 0.6) is 0 Å². The topological polar surface area (TPSA) is 81.9 Å². The van der Waals surface area contributed by atoms with Gasteiger partial charge in [-0.3, -0.25) is 10.1 Å². The van der Waals surface area contributed by atoms with Crippen LogP contribution >= 0.6 is 0 Å². The summed E-state index contributed by atoms with van der Waals surface area (Å²) in [5, 5.41) is 2.63. The molecule has 0 aromatic carbocycles. The summed E-state index contributed by atoms with van der Waals surface area (Å²) in [4.78, 5) is 24.6. The molecule has 0 aliphatic carbocycles. The van der Waals surface area contributed by atoms with Gasteiger partial charge in [-0.05, 0) is 51.5 Å². The monoisotopic (exact) mass is 421 g/mol. The highest BCUT2D eigenvalue weighted by atomic mass is 19.4. The van der Waals surface area contributed by atoms with Gasteiger partial charge in [-0.25, -0.2) is 19.5 Å². The van der Waals surface area contributed by atoms with Crippen LogP contribution in [0.1, 0.15) is 38.4 Å². The number of ether oxygens (including phenoxy) is 1. The second kappa shape index (κ2) is 8.02. The molecule has 0 saturated carbocycles. The maximum atomic E-state index is 13.2. The lowest BCUT2D eigenvalue weighted by Crippen LogP contribution is -2.23. The molecule has 3 aromatic heterocycles. The first kappa shape index (κ1) is 21.7. The van der Waals surface area contributed by atoms with Gasteiger partial charge in [-0.1, -0.05) is 6.07 Å². The number of aromatic nitrogens is 4. The molecule has 3 rings (SSSR count). The first-order valence-corrected chi connectivity index (χ1v) is 9.27. The van der Waals surface area contributed by atoms with E-state index >= 15 is 0 Å². The summed E-state index contributed by atoms with van der Waals surface area (Å²) in [6.45, 7) is 7.64. The number of aryl methyl sites for hydroxylation is 1. The Bertz CT molecular complexity index is 1050. The predicted octanol–water partition coefficient (Wildman–Crippen LogP) is 4.29. The van der Waals surface area contributed by atoms with Gasteiger partial charge in [0, 0.05) is 6.20 Å². The average molecular weight is 421 g/mol. The Kier molecular flexibility index (Phi) is 5.80. The highest BCUT2D eigenvalue weighted by molar-refractivity contribution is 5.91. The van der Waals surface area contributed by atoms with E-state index in [1.54, 1.807) is 18.3 Å². The Labute approximate surface area is 171 Å². The molecule has 0 bridgehead atoms. The van der Waals surface area contributed by atoms with Crippen LogP contribution in [0.2, 0.25) is 0 Å². The first-order chi connectivity index (χ1) is 13.9. The number of rotatable bonds is 5. The molecule has 3 aromatic rings. The zero-order valence-electron chi connectivity index (χ0n) is 17.0. The molecule has 7 nitrogen and oxygen atoms in total. The van der Waals surface area contributed by atoms with Crippen molar-refractivity contribution in [3.63, 3.8) is 0 Å². The Balaban J connectivity index is 1.99. The molecule has 0 fully saturated rings. The van der Waals surface area contributed by atoms with Gasteiger partial charge in [-0.2, -0.15) is 13.2 Å². The first-order valence-electron chi connectivity index (χ1n) is 9.27. The van der Waals surface area contributed by atoms with Crippen molar-refractivity contribution < 1.29 is 22.7 Å². The van der Waals surface area contributed by atoms with Crippen LogP contribution in [0, 0.1) is 6.92 Å². The van der Waals surface area contributed by atoms with Crippen molar-refractivity contribution in [2.45, 2.75) is 45.9 Å². The summed E-state index contributed by atoms with van der Waals surface area (Å²) in [5.74, 6) is -0.0657. The van der Waals surface area contributed by atoms with Gasteiger partial charge >= 0.3 is 6.18 Å². The van der Waals surface area contributed by atoms with E-state index in [1.807, 2.05) is 27.7 Å². The van der Waals surface area contributed by atoms with Gasteiger partial charge in [0.1, 0.15) is 17.0 Å². The van der Waals surface area contributed by atoms with Crippen molar-refractivity contribution in [2.24, 2.45) is 0 Å². The Morgan fingerprint density at radius 3 is 2.47 bits per heavy atom. The van der Waals surface area contributed by atoms with E-state index in [0.717, 1.165) is 11.6 Å². The molecule has 0 atom stereocenters. The minimum atomic E-state index is -4.61. The number of anilines is 1. The van der Waals surface area contributed by atoms with E-state index in [9.17, 15) is 18.0 Å². The van der Waals surface area contributed by atoms with Gasteiger partial charge in [0.05, 0.1) is 18.6 Å². The molecular formula is C20H22F3N5O2. The smallest absolute Gasteiger partial charge is 0.375 e. The summed E-state index contributed by atoms with van der Waals surface area (Å²) in [6.07, 6.45) is -2.99. The summed E-state index contributed by atoms with van der Waals surface area (Å²) >= 11 is 0. The Hall–Kier alpha value is -3.01. The number of imidazole rings is 1.